The average Bonchev–Trinajstić information content (AvgIpc) is 3.27. The van der Waals surface area contributed by atoms with Crippen molar-refractivity contribution in [2.75, 3.05) is 37.2 Å². The van der Waals surface area contributed by atoms with Crippen LogP contribution in [0.15, 0.2) is 40.8 Å². The molecule has 0 saturated carbocycles. The van der Waals surface area contributed by atoms with Gasteiger partial charge in [0.1, 0.15) is 17.1 Å². The van der Waals surface area contributed by atoms with Crippen LogP contribution in [0.3, 0.4) is 0 Å². The molecule has 7 nitrogen and oxygen atoms in total. The van der Waals surface area contributed by atoms with Crippen LogP contribution in [0.1, 0.15) is 87.4 Å². The molecule has 0 aliphatic heterocycles. The topological polar surface area (TPSA) is 88.8 Å². The number of rotatable bonds is 18. The number of nitrogens with one attached hydrogen (secondary N) is 1. The molecule has 0 atom stereocenters. The Kier molecular flexibility index (Phi) is 12.3. The fourth-order valence-corrected chi connectivity index (χ4v) is 5.45. The third kappa shape index (κ3) is 9.25. The first-order chi connectivity index (χ1) is 19.2. The minimum absolute atomic E-state index is 0.225. The lowest BCUT2D eigenvalue weighted by molar-refractivity contribution is 0.103. The second kappa shape index (κ2) is 15.5. The van der Waals surface area contributed by atoms with E-state index in [1.165, 1.54) is 25.7 Å². The van der Waals surface area contributed by atoms with Crippen LogP contribution in [0.4, 0.5) is 5.69 Å². The predicted octanol–water partition coefficient (Wildman–Crippen LogP) is 7.70. The van der Waals surface area contributed by atoms with Crippen molar-refractivity contribution in [3.8, 4) is 5.75 Å². The van der Waals surface area contributed by atoms with Crippen molar-refractivity contribution < 1.29 is 22.4 Å². The van der Waals surface area contributed by atoms with Gasteiger partial charge in [0, 0.05) is 29.6 Å². The standard InChI is InChI=1S/C31H43ClN2O5S/c1-5-8-12-29-30(25-22-24(33-40(4,36)37)14-16-27(25)39-29)31(35)23-13-15-28(26(32)21-23)38-20-11-19-34(17-9-6-2)18-10-7-3/h13-16,21-22,33H,5-12,17-20H2,1-4H3. The molecule has 3 rings (SSSR count). The molecule has 0 amide bonds. The molecule has 0 aliphatic rings. The highest BCUT2D eigenvalue weighted by Crippen LogP contribution is 2.33. The van der Waals surface area contributed by atoms with Crippen molar-refractivity contribution in [1.82, 2.24) is 4.90 Å². The van der Waals surface area contributed by atoms with Crippen molar-refractivity contribution in [2.45, 2.75) is 72.1 Å². The van der Waals surface area contributed by atoms with Crippen LogP contribution < -0.4 is 9.46 Å². The van der Waals surface area contributed by atoms with E-state index in [0.29, 0.717) is 57.3 Å². The van der Waals surface area contributed by atoms with E-state index < -0.39 is 10.0 Å². The van der Waals surface area contributed by atoms with Gasteiger partial charge in [0.25, 0.3) is 0 Å². The van der Waals surface area contributed by atoms with Gasteiger partial charge in [-0.2, -0.15) is 0 Å². The van der Waals surface area contributed by atoms with Gasteiger partial charge in [0.05, 0.1) is 23.4 Å². The molecule has 0 unspecified atom stereocenters. The number of ether oxygens (including phenoxy) is 1. The fourth-order valence-electron chi connectivity index (χ4n) is 4.66. The number of carbonyl (C=O) groups is 1. The van der Waals surface area contributed by atoms with Crippen LogP contribution in [0.2, 0.25) is 5.02 Å². The number of nitrogens with zero attached hydrogens (tertiary/aromatic N) is 1. The minimum atomic E-state index is -3.47. The van der Waals surface area contributed by atoms with Gasteiger partial charge >= 0.3 is 0 Å². The van der Waals surface area contributed by atoms with Gasteiger partial charge in [0.15, 0.2) is 5.78 Å². The number of aryl methyl sites for hydroxylation is 1. The molecule has 3 aromatic rings. The number of furan rings is 1. The summed E-state index contributed by atoms with van der Waals surface area (Å²) in [6.07, 6.45) is 9.17. The van der Waals surface area contributed by atoms with Crippen molar-refractivity contribution in [2.24, 2.45) is 0 Å². The number of carbonyl (C=O) groups excluding carboxylic acids is 1. The number of benzene rings is 2. The summed E-state index contributed by atoms with van der Waals surface area (Å²) >= 11 is 6.57. The number of hydrogen-bond acceptors (Lipinski definition) is 6. The number of hydrogen-bond donors (Lipinski definition) is 1. The number of fused-ring (bicyclic) bond motifs is 1. The van der Waals surface area contributed by atoms with E-state index >= 15 is 0 Å². The Labute approximate surface area is 244 Å². The molecule has 220 valence electrons. The molecule has 0 aliphatic carbocycles. The lowest BCUT2D eigenvalue weighted by atomic mass is 9.98. The van der Waals surface area contributed by atoms with Crippen molar-refractivity contribution in [1.29, 1.82) is 0 Å². The van der Waals surface area contributed by atoms with Crippen molar-refractivity contribution in [3.63, 3.8) is 0 Å². The quantitative estimate of drug-likeness (QED) is 0.121. The number of unbranched alkanes of at least 4 members (excludes halogenated alkanes) is 3. The largest absolute Gasteiger partial charge is 0.492 e. The normalized spacial score (nSPS) is 11.8. The summed E-state index contributed by atoms with van der Waals surface area (Å²) in [5, 5.41) is 0.943. The highest BCUT2D eigenvalue weighted by atomic mass is 35.5. The Morgan fingerprint density at radius 2 is 1.62 bits per heavy atom. The monoisotopic (exact) mass is 590 g/mol. The number of sulfonamides is 1. The summed E-state index contributed by atoms with van der Waals surface area (Å²) in [7, 11) is -3.47. The van der Waals surface area contributed by atoms with E-state index in [0.717, 1.165) is 45.2 Å². The lowest BCUT2D eigenvalue weighted by Gasteiger charge is -2.22. The third-order valence-electron chi connectivity index (χ3n) is 6.77. The molecule has 40 heavy (non-hydrogen) atoms. The van der Waals surface area contributed by atoms with Crippen LogP contribution in [0, 0.1) is 0 Å². The molecular formula is C31H43ClN2O5S. The number of ketones is 1. The summed E-state index contributed by atoms with van der Waals surface area (Å²) in [5.74, 6) is 0.914. The fraction of sp³-hybridized carbons (Fsp3) is 0.516. The molecular weight excluding hydrogens is 548 g/mol. The van der Waals surface area contributed by atoms with Crippen LogP contribution in [0.25, 0.3) is 11.0 Å². The zero-order valence-electron chi connectivity index (χ0n) is 24.2. The van der Waals surface area contributed by atoms with E-state index in [1.807, 2.05) is 0 Å². The molecule has 0 spiro atoms. The second-order valence-electron chi connectivity index (χ2n) is 10.3. The molecule has 1 heterocycles. The molecule has 0 saturated heterocycles. The average molecular weight is 591 g/mol. The maximum Gasteiger partial charge on any atom is 0.229 e. The first kappa shape index (κ1) is 32.0. The van der Waals surface area contributed by atoms with E-state index in [1.54, 1.807) is 36.4 Å². The van der Waals surface area contributed by atoms with Gasteiger partial charge in [-0.15, -0.1) is 0 Å². The molecule has 0 radical (unpaired) electrons. The highest BCUT2D eigenvalue weighted by Gasteiger charge is 2.23. The zero-order chi connectivity index (χ0) is 29.1. The first-order valence-electron chi connectivity index (χ1n) is 14.4. The predicted molar refractivity (Wildman–Crippen MR) is 165 cm³/mol. The molecule has 2 aromatic carbocycles. The summed E-state index contributed by atoms with van der Waals surface area (Å²) in [6.45, 7) is 10.3. The van der Waals surface area contributed by atoms with Crippen LogP contribution in [0.5, 0.6) is 5.75 Å². The van der Waals surface area contributed by atoms with E-state index in [9.17, 15) is 13.2 Å². The summed E-state index contributed by atoms with van der Waals surface area (Å²) in [4.78, 5) is 16.3. The Bertz CT molecular complexity index is 1360. The van der Waals surface area contributed by atoms with E-state index in [2.05, 4.69) is 30.4 Å². The SMILES string of the molecule is CCCCc1oc2ccc(NS(C)(=O)=O)cc2c1C(=O)c1ccc(OCCCN(CCCC)CCCC)c(Cl)c1. The Morgan fingerprint density at radius 1 is 0.950 bits per heavy atom. The summed E-state index contributed by atoms with van der Waals surface area (Å²) < 4.78 is 38.1. The molecule has 9 heteroatoms. The maximum absolute atomic E-state index is 13.8. The van der Waals surface area contributed by atoms with Crippen LogP contribution in [-0.2, 0) is 16.4 Å². The number of anilines is 1. The van der Waals surface area contributed by atoms with Crippen molar-refractivity contribution >= 4 is 44.1 Å². The highest BCUT2D eigenvalue weighted by molar-refractivity contribution is 7.92. The smallest absolute Gasteiger partial charge is 0.229 e. The van der Waals surface area contributed by atoms with Gasteiger partial charge in [-0.3, -0.25) is 9.52 Å². The second-order valence-corrected chi connectivity index (χ2v) is 12.5. The molecule has 1 aromatic heterocycles. The maximum atomic E-state index is 13.8. The van der Waals surface area contributed by atoms with Crippen molar-refractivity contribution in [3.05, 3.63) is 58.3 Å². The van der Waals surface area contributed by atoms with Crippen LogP contribution >= 0.6 is 11.6 Å². The molecule has 0 bridgehead atoms. The van der Waals surface area contributed by atoms with Crippen LogP contribution in [-0.4, -0.2) is 51.6 Å². The summed E-state index contributed by atoms with van der Waals surface area (Å²) in [6, 6.07) is 10.1. The first-order valence-corrected chi connectivity index (χ1v) is 16.7. The molecule has 1 N–H and O–H groups in total. The van der Waals surface area contributed by atoms with Gasteiger partial charge in [-0.1, -0.05) is 51.6 Å². The van der Waals surface area contributed by atoms with Gasteiger partial charge in [-0.05, 0) is 75.2 Å². The lowest BCUT2D eigenvalue weighted by Crippen LogP contribution is -2.28. The van der Waals surface area contributed by atoms with E-state index in [4.69, 9.17) is 20.8 Å². The summed E-state index contributed by atoms with van der Waals surface area (Å²) in [5.41, 5.74) is 1.76. The number of halogens is 1. The Balaban J connectivity index is 1.77. The van der Waals surface area contributed by atoms with Gasteiger partial charge in [-0.25, -0.2) is 8.42 Å². The van der Waals surface area contributed by atoms with E-state index in [-0.39, 0.29) is 5.78 Å². The minimum Gasteiger partial charge on any atom is -0.492 e. The Hall–Kier alpha value is -2.55. The zero-order valence-corrected chi connectivity index (χ0v) is 25.8. The molecule has 0 fully saturated rings. The van der Waals surface area contributed by atoms with Gasteiger partial charge in [0.2, 0.25) is 10.0 Å². The Morgan fingerprint density at radius 3 is 2.25 bits per heavy atom. The third-order valence-corrected chi connectivity index (χ3v) is 7.68. The van der Waals surface area contributed by atoms with Gasteiger partial charge < -0.3 is 14.1 Å².